The molecule has 0 saturated heterocycles. The molecule has 9 nitrogen and oxygen atoms in total. The van der Waals surface area contributed by atoms with Crippen LogP contribution >= 0.6 is 22.9 Å². The quantitative estimate of drug-likeness (QED) is 0.387. The Labute approximate surface area is 191 Å². The predicted octanol–water partition coefficient (Wildman–Crippen LogP) is 4.34. The molecule has 160 valence electrons. The van der Waals surface area contributed by atoms with Crippen molar-refractivity contribution in [3.63, 3.8) is 0 Å². The Kier molecular flexibility index (Phi) is 4.11. The van der Waals surface area contributed by atoms with Crippen molar-refractivity contribution in [3.05, 3.63) is 52.3 Å². The third-order valence-electron chi connectivity index (χ3n) is 5.53. The van der Waals surface area contributed by atoms with E-state index in [1.54, 1.807) is 26.9 Å². The van der Waals surface area contributed by atoms with E-state index in [1.807, 2.05) is 37.7 Å². The van der Waals surface area contributed by atoms with Crippen molar-refractivity contribution >= 4 is 49.0 Å². The zero-order chi connectivity index (χ0) is 22.1. The Morgan fingerprint density at radius 1 is 1.06 bits per heavy atom. The maximum atomic E-state index is 6.26. The molecule has 32 heavy (non-hydrogen) atoms. The number of pyridine rings is 1. The lowest BCUT2D eigenvalue weighted by Gasteiger charge is -2.04. The van der Waals surface area contributed by atoms with Gasteiger partial charge in [-0.2, -0.15) is 10.2 Å². The number of hydrogen-bond acceptors (Lipinski definition) is 7. The molecular formula is C21H18ClN9S. The summed E-state index contributed by atoms with van der Waals surface area (Å²) in [5.74, 6) is 0.544. The van der Waals surface area contributed by atoms with Crippen LogP contribution in [0.1, 0.15) is 22.6 Å². The topological polar surface area (TPSA) is 91.6 Å². The Bertz CT molecular complexity index is 1670. The normalized spacial score (nSPS) is 12.0. The maximum Gasteiger partial charge on any atom is 0.202 e. The van der Waals surface area contributed by atoms with E-state index in [1.165, 1.54) is 5.56 Å². The van der Waals surface area contributed by atoms with E-state index >= 15 is 0 Å². The Hall–Kier alpha value is -3.37. The molecule has 0 aliphatic carbocycles. The Morgan fingerprint density at radius 3 is 2.69 bits per heavy atom. The number of nitrogens with zero attached hydrogens (tertiary/aromatic N) is 9. The molecule has 0 N–H and O–H groups in total. The van der Waals surface area contributed by atoms with Gasteiger partial charge in [0.15, 0.2) is 5.65 Å². The Morgan fingerprint density at radius 2 is 1.91 bits per heavy atom. The number of hydrogen-bond donors (Lipinski definition) is 0. The van der Waals surface area contributed by atoms with Gasteiger partial charge in [-0.1, -0.05) is 11.6 Å². The molecule has 0 atom stereocenters. The van der Waals surface area contributed by atoms with Gasteiger partial charge in [0, 0.05) is 17.3 Å². The van der Waals surface area contributed by atoms with Gasteiger partial charge >= 0.3 is 0 Å². The first-order valence-corrected chi connectivity index (χ1v) is 11.2. The first kappa shape index (κ1) is 19.3. The fraction of sp³-hybridized carbons (Fsp3) is 0.238. The van der Waals surface area contributed by atoms with Crippen LogP contribution in [-0.2, 0) is 6.67 Å². The van der Waals surface area contributed by atoms with E-state index in [2.05, 4.69) is 33.3 Å². The second kappa shape index (κ2) is 6.81. The summed E-state index contributed by atoms with van der Waals surface area (Å²) in [4.78, 5) is 15.1. The predicted molar refractivity (Wildman–Crippen MR) is 124 cm³/mol. The van der Waals surface area contributed by atoms with Crippen LogP contribution in [0.3, 0.4) is 0 Å². The van der Waals surface area contributed by atoms with Crippen LogP contribution in [0.4, 0.5) is 0 Å². The molecule has 0 bridgehead atoms. The molecule has 0 saturated carbocycles. The van der Waals surface area contributed by atoms with Crippen LogP contribution in [0.15, 0.2) is 24.7 Å². The second-order valence-corrected chi connectivity index (χ2v) is 9.23. The van der Waals surface area contributed by atoms with Gasteiger partial charge in [0.2, 0.25) is 5.82 Å². The van der Waals surface area contributed by atoms with Gasteiger partial charge < -0.3 is 0 Å². The summed E-state index contributed by atoms with van der Waals surface area (Å²) < 4.78 is 6.29. The molecule has 6 aromatic heterocycles. The van der Waals surface area contributed by atoms with Crippen molar-refractivity contribution in [2.75, 3.05) is 0 Å². The lowest BCUT2D eigenvalue weighted by atomic mass is 10.1. The smallest absolute Gasteiger partial charge is 0.202 e. The zero-order valence-electron chi connectivity index (χ0n) is 17.8. The number of rotatable bonds is 3. The highest BCUT2D eigenvalue weighted by atomic mass is 35.5. The van der Waals surface area contributed by atoms with Crippen molar-refractivity contribution in [2.24, 2.45) is 0 Å². The largest absolute Gasteiger partial charge is 0.250 e. The van der Waals surface area contributed by atoms with Gasteiger partial charge in [-0.25, -0.2) is 24.1 Å². The van der Waals surface area contributed by atoms with E-state index < -0.39 is 0 Å². The summed E-state index contributed by atoms with van der Waals surface area (Å²) in [7, 11) is 0. The first-order valence-electron chi connectivity index (χ1n) is 10.0. The molecule has 0 aromatic carbocycles. The van der Waals surface area contributed by atoms with Crippen LogP contribution < -0.4 is 0 Å². The van der Waals surface area contributed by atoms with E-state index in [-0.39, 0.29) is 0 Å². The summed E-state index contributed by atoms with van der Waals surface area (Å²) in [5, 5.41) is 15.5. The number of aryl methyl sites for hydroxylation is 3. The summed E-state index contributed by atoms with van der Waals surface area (Å²) >= 11 is 7.85. The lowest BCUT2D eigenvalue weighted by molar-refractivity contribution is 0.492. The van der Waals surface area contributed by atoms with Crippen molar-refractivity contribution in [3.8, 4) is 11.5 Å². The zero-order valence-corrected chi connectivity index (χ0v) is 19.4. The van der Waals surface area contributed by atoms with E-state index in [9.17, 15) is 0 Å². The van der Waals surface area contributed by atoms with Gasteiger partial charge in [-0.3, -0.25) is 4.68 Å². The minimum atomic E-state index is 0.458. The van der Waals surface area contributed by atoms with Crippen molar-refractivity contribution in [2.45, 2.75) is 34.4 Å². The summed E-state index contributed by atoms with van der Waals surface area (Å²) in [6.45, 7) is 8.39. The second-order valence-electron chi connectivity index (χ2n) is 7.85. The average Bonchev–Trinajstić information content (AvgIpc) is 3.50. The van der Waals surface area contributed by atoms with Crippen LogP contribution in [0, 0.1) is 27.7 Å². The molecule has 0 aliphatic rings. The molecule has 6 heterocycles. The molecule has 0 amide bonds. The third-order valence-corrected chi connectivity index (χ3v) is 7.15. The van der Waals surface area contributed by atoms with Crippen LogP contribution in [0.25, 0.3) is 37.6 Å². The summed E-state index contributed by atoms with van der Waals surface area (Å²) in [5.41, 5.74) is 6.22. The minimum absolute atomic E-state index is 0.458. The number of halogens is 1. The Balaban J connectivity index is 1.43. The standard InChI is InChI=1S/C21H18ClN9S/c1-10-7-11(2)24-21-15(10)17-18(32-21)20-25-19(28-30(20)8-23-17)14-5-6-29(27-14)9-31-13(4)16(22)12(3)26-31/h5-8H,9H2,1-4H3. The van der Waals surface area contributed by atoms with Crippen molar-refractivity contribution in [1.29, 1.82) is 0 Å². The molecule has 0 aliphatic heterocycles. The summed E-state index contributed by atoms with van der Waals surface area (Å²) in [6.07, 6.45) is 3.59. The molecule has 11 heteroatoms. The molecule has 0 fully saturated rings. The monoisotopic (exact) mass is 463 g/mol. The first-order chi connectivity index (χ1) is 15.4. The van der Waals surface area contributed by atoms with Crippen LogP contribution in [0.2, 0.25) is 5.02 Å². The van der Waals surface area contributed by atoms with Crippen LogP contribution in [0.5, 0.6) is 0 Å². The SMILES string of the molecule is Cc1cc(C)c2c(n1)sc1c2ncn2nc(-c3ccn(Cn4nc(C)c(Cl)c4C)n3)nc12. The highest BCUT2D eigenvalue weighted by Gasteiger charge is 2.18. The molecule has 0 radical (unpaired) electrons. The fourth-order valence-corrected chi connectivity index (χ4v) is 5.35. The molecule has 0 unspecified atom stereocenters. The van der Waals surface area contributed by atoms with Crippen molar-refractivity contribution < 1.29 is 0 Å². The van der Waals surface area contributed by atoms with Crippen molar-refractivity contribution in [1.82, 2.24) is 44.1 Å². The van der Waals surface area contributed by atoms with E-state index in [4.69, 9.17) is 21.6 Å². The number of fused-ring (bicyclic) bond motifs is 5. The van der Waals surface area contributed by atoms with Gasteiger partial charge in [0.1, 0.15) is 28.2 Å². The molecular weight excluding hydrogens is 446 g/mol. The van der Waals surface area contributed by atoms with Gasteiger partial charge in [0.05, 0.1) is 21.9 Å². The molecule has 6 rings (SSSR count). The van der Waals surface area contributed by atoms with Gasteiger partial charge in [0.25, 0.3) is 0 Å². The number of thiophene rings is 1. The summed E-state index contributed by atoms with van der Waals surface area (Å²) in [6, 6.07) is 3.98. The highest BCUT2D eigenvalue weighted by Crippen LogP contribution is 2.35. The van der Waals surface area contributed by atoms with E-state index in [0.717, 1.165) is 43.2 Å². The van der Waals surface area contributed by atoms with E-state index in [0.29, 0.717) is 23.2 Å². The van der Waals surface area contributed by atoms with Gasteiger partial charge in [-0.15, -0.1) is 16.4 Å². The minimum Gasteiger partial charge on any atom is -0.250 e. The third kappa shape index (κ3) is 2.83. The van der Waals surface area contributed by atoms with Gasteiger partial charge in [-0.05, 0) is 45.4 Å². The average molecular weight is 464 g/mol. The molecule has 0 spiro atoms. The fourth-order valence-electron chi connectivity index (χ4n) is 3.99. The lowest BCUT2D eigenvalue weighted by Crippen LogP contribution is -2.11. The highest BCUT2D eigenvalue weighted by molar-refractivity contribution is 7.26. The van der Waals surface area contributed by atoms with Crippen LogP contribution in [-0.4, -0.2) is 44.1 Å². The molecule has 6 aromatic rings. The maximum absolute atomic E-state index is 6.26. The number of aromatic nitrogens is 9.